The lowest BCUT2D eigenvalue weighted by Gasteiger charge is -2.26. The van der Waals surface area contributed by atoms with E-state index in [1.165, 1.54) is 87.2 Å². The summed E-state index contributed by atoms with van der Waals surface area (Å²) >= 11 is 0. The van der Waals surface area contributed by atoms with E-state index in [1.54, 1.807) is 0 Å². The Bertz CT molecular complexity index is 3100. The Morgan fingerprint density at radius 3 is 1.00 bits per heavy atom. The average Bonchev–Trinajstić information content (AvgIpc) is 3.29. The van der Waals surface area contributed by atoms with Crippen molar-refractivity contribution < 1.29 is 0 Å². The monoisotopic (exact) mass is 723 g/mol. The number of rotatable bonds is 6. The lowest BCUT2D eigenvalue weighted by atomic mass is 9.92. The van der Waals surface area contributed by atoms with Crippen molar-refractivity contribution in [3.05, 3.63) is 224 Å². The van der Waals surface area contributed by atoms with E-state index in [-0.39, 0.29) is 0 Å². The first-order valence-corrected chi connectivity index (χ1v) is 19.7. The highest BCUT2D eigenvalue weighted by molar-refractivity contribution is 6.25. The number of fused-ring (bicyclic) bond motifs is 8. The molecule has 0 heterocycles. The molecular formula is C56H37N. The van der Waals surface area contributed by atoms with Crippen LogP contribution in [-0.2, 0) is 0 Å². The molecule has 266 valence electrons. The second-order valence-electron chi connectivity index (χ2n) is 14.9. The summed E-state index contributed by atoms with van der Waals surface area (Å²) in [5, 5.41) is 12.8. The highest BCUT2D eigenvalue weighted by atomic mass is 15.1. The molecule has 1 heteroatoms. The van der Waals surface area contributed by atoms with E-state index in [0.717, 1.165) is 17.1 Å². The van der Waals surface area contributed by atoms with Crippen LogP contribution in [0.3, 0.4) is 0 Å². The number of benzene rings is 11. The number of nitrogens with zero attached hydrogens (tertiary/aromatic N) is 1. The van der Waals surface area contributed by atoms with Crippen molar-refractivity contribution in [2.24, 2.45) is 0 Å². The zero-order chi connectivity index (χ0) is 37.7. The average molecular weight is 724 g/mol. The third kappa shape index (κ3) is 5.72. The Kier molecular flexibility index (Phi) is 7.89. The molecule has 57 heavy (non-hydrogen) atoms. The van der Waals surface area contributed by atoms with Gasteiger partial charge in [0.05, 0.1) is 0 Å². The van der Waals surface area contributed by atoms with Crippen molar-refractivity contribution in [1.29, 1.82) is 0 Å². The quantitative estimate of drug-likeness (QED) is 0.154. The molecule has 0 bridgehead atoms. The minimum absolute atomic E-state index is 1.10. The SMILES string of the molecule is c1ccc2c(-c3ccc(N(c4ccc(-c5ccc6c7ccccc7c7ccccc7c6c5)cc4)c4ccc(-c5cccc6ccccc56)cc4)cc3)cccc2c1. The van der Waals surface area contributed by atoms with Crippen molar-refractivity contribution in [3.63, 3.8) is 0 Å². The molecule has 0 atom stereocenters. The van der Waals surface area contributed by atoms with Crippen LogP contribution in [0, 0.1) is 0 Å². The summed E-state index contributed by atoms with van der Waals surface area (Å²) in [6.45, 7) is 0. The molecule has 0 amide bonds. The van der Waals surface area contributed by atoms with Gasteiger partial charge in [-0.1, -0.05) is 182 Å². The van der Waals surface area contributed by atoms with E-state index in [9.17, 15) is 0 Å². The molecule has 0 N–H and O–H groups in total. The van der Waals surface area contributed by atoms with Crippen molar-refractivity contribution in [2.75, 3.05) is 4.90 Å². The summed E-state index contributed by atoms with van der Waals surface area (Å²) in [5.74, 6) is 0. The molecule has 0 fully saturated rings. The Labute approximate surface area is 332 Å². The van der Waals surface area contributed by atoms with Gasteiger partial charge in [0, 0.05) is 17.1 Å². The van der Waals surface area contributed by atoms with Gasteiger partial charge >= 0.3 is 0 Å². The lowest BCUT2D eigenvalue weighted by molar-refractivity contribution is 1.28. The second-order valence-corrected chi connectivity index (χ2v) is 14.9. The molecule has 11 aromatic carbocycles. The first kappa shape index (κ1) is 32.9. The van der Waals surface area contributed by atoms with Gasteiger partial charge in [-0.25, -0.2) is 0 Å². The van der Waals surface area contributed by atoms with Gasteiger partial charge in [-0.05, 0) is 130 Å². The van der Waals surface area contributed by atoms with Crippen LogP contribution in [0.15, 0.2) is 224 Å². The Hall–Kier alpha value is -7.48. The molecule has 0 aliphatic carbocycles. The molecule has 0 aromatic heterocycles. The van der Waals surface area contributed by atoms with Crippen LogP contribution in [0.4, 0.5) is 17.1 Å². The Balaban J connectivity index is 1.00. The summed E-state index contributed by atoms with van der Waals surface area (Å²) in [5.41, 5.74) is 10.6. The van der Waals surface area contributed by atoms with Crippen LogP contribution < -0.4 is 4.90 Å². The molecule has 0 saturated carbocycles. The standard InChI is InChI=1S/C56H37N/c1-3-15-47-39(11-1)13-9-21-49(47)41-25-32-45(33-26-41)57(46-34-27-42(28-35-46)50-22-10-14-40-12-2-4-16-48(40)50)44-30-23-38(24-31-44)43-29-36-55-53-19-6-5-17-51(53)52-18-7-8-20-54(52)56(55)37-43/h1-37H. The van der Waals surface area contributed by atoms with E-state index in [1.807, 2.05) is 0 Å². The predicted octanol–water partition coefficient (Wildman–Crippen LogP) is 15.9. The zero-order valence-electron chi connectivity index (χ0n) is 31.3. The zero-order valence-corrected chi connectivity index (χ0v) is 31.3. The van der Waals surface area contributed by atoms with E-state index in [2.05, 4.69) is 229 Å². The lowest BCUT2D eigenvalue weighted by Crippen LogP contribution is -2.09. The second kappa shape index (κ2) is 13.7. The van der Waals surface area contributed by atoms with Gasteiger partial charge in [0.2, 0.25) is 0 Å². The number of hydrogen-bond donors (Lipinski definition) is 0. The summed E-state index contributed by atoms with van der Waals surface area (Å²) in [6, 6.07) is 81.9. The Morgan fingerprint density at radius 2 is 0.544 bits per heavy atom. The molecule has 0 aliphatic rings. The summed E-state index contributed by atoms with van der Waals surface area (Å²) < 4.78 is 0. The first-order valence-electron chi connectivity index (χ1n) is 19.7. The molecule has 11 rings (SSSR count). The van der Waals surface area contributed by atoms with Crippen molar-refractivity contribution in [1.82, 2.24) is 0 Å². The number of anilines is 3. The fraction of sp³-hybridized carbons (Fsp3) is 0. The molecule has 11 aromatic rings. The molecular weight excluding hydrogens is 687 g/mol. The van der Waals surface area contributed by atoms with Gasteiger partial charge < -0.3 is 4.90 Å². The topological polar surface area (TPSA) is 3.24 Å². The largest absolute Gasteiger partial charge is 0.311 e. The van der Waals surface area contributed by atoms with Gasteiger partial charge in [-0.3, -0.25) is 0 Å². The van der Waals surface area contributed by atoms with Crippen LogP contribution in [0.1, 0.15) is 0 Å². The molecule has 0 saturated heterocycles. The van der Waals surface area contributed by atoms with Gasteiger partial charge in [-0.15, -0.1) is 0 Å². The predicted molar refractivity (Wildman–Crippen MR) is 245 cm³/mol. The smallest absolute Gasteiger partial charge is 0.0462 e. The van der Waals surface area contributed by atoms with Crippen LogP contribution in [-0.4, -0.2) is 0 Å². The highest BCUT2D eigenvalue weighted by Crippen LogP contribution is 2.41. The van der Waals surface area contributed by atoms with Crippen LogP contribution in [0.2, 0.25) is 0 Å². The van der Waals surface area contributed by atoms with Crippen molar-refractivity contribution in [2.45, 2.75) is 0 Å². The number of hydrogen-bond acceptors (Lipinski definition) is 1. The fourth-order valence-electron chi connectivity index (χ4n) is 8.87. The van der Waals surface area contributed by atoms with Gasteiger partial charge in [-0.2, -0.15) is 0 Å². The molecule has 0 aliphatic heterocycles. The third-order valence-electron chi connectivity index (χ3n) is 11.7. The molecule has 0 radical (unpaired) electrons. The Morgan fingerprint density at radius 1 is 0.211 bits per heavy atom. The highest BCUT2D eigenvalue weighted by Gasteiger charge is 2.16. The third-order valence-corrected chi connectivity index (χ3v) is 11.7. The normalized spacial score (nSPS) is 11.5. The fourth-order valence-corrected chi connectivity index (χ4v) is 8.87. The maximum Gasteiger partial charge on any atom is 0.0462 e. The van der Waals surface area contributed by atoms with Crippen LogP contribution >= 0.6 is 0 Å². The summed E-state index contributed by atoms with van der Waals surface area (Å²) in [4.78, 5) is 2.36. The van der Waals surface area contributed by atoms with Crippen LogP contribution in [0.25, 0.3) is 87.2 Å². The molecule has 1 nitrogen and oxygen atoms in total. The van der Waals surface area contributed by atoms with Crippen molar-refractivity contribution >= 4 is 70.9 Å². The van der Waals surface area contributed by atoms with Crippen molar-refractivity contribution in [3.8, 4) is 33.4 Å². The van der Waals surface area contributed by atoms with E-state index in [4.69, 9.17) is 0 Å². The summed E-state index contributed by atoms with van der Waals surface area (Å²) in [6.07, 6.45) is 0. The summed E-state index contributed by atoms with van der Waals surface area (Å²) in [7, 11) is 0. The van der Waals surface area contributed by atoms with E-state index in [0.29, 0.717) is 0 Å². The first-order chi connectivity index (χ1) is 28.3. The maximum absolute atomic E-state index is 2.37. The molecule has 0 unspecified atom stereocenters. The van der Waals surface area contributed by atoms with Crippen LogP contribution in [0.5, 0.6) is 0 Å². The maximum atomic E-state index is 2.37. The van der Waals surface area contributed by atoms with Gasteiger partial charge in [0.25, 0.3) is 0 Å². The minimum Gasteiger partial charge on any atom is -0.311 e. The van der Waals surface area contributed by atoms with E-state index < -0.39 is 0 Å². The van der Waals surface area contributed by atoms with E-state index >= 15 is 0 Å². The van der Waals surface area contributed by atoms with Gasteiger partial charge in [0.1, 0.15) is 0 Å². The van der Waals surface area contributed by atoms with Gasteiger partial charge in [0.15, 0.2) is 0 Å². The molecule has 0 spiro atoms. The minimum atomic E-state index is 1.10.